The van der Waals surface area contributed by atoms with E-state index in [2.05, 4.69) is 82.3 Å². The van der Waals surface area contributed by atoms with Crippen LogP contribution in [0.15, 0.2) is 54.6 Å². The molecule has 2 aliphatic heterocycles. The summed E-state index contributed by atoms with van der Waals surface area (Å²) < 4.78 is 6.43. The van der Waals surface area contributed by atoms with Crippen LogP contribution < -0.4 is 21.1 Å². The van der Waals surface area contributed by atoms with Crippen LogP contribution in [0.1, 0.15) is 49.9 Å². The van der Waals surface area contributed by atoms with E-state index in [9.17, 15) is 0 Å². The summed E-state index contributed by atoms with van der Waals surface area (Å²) in [6.45, 7) is 9.49. The average Bonchev–Trinajstić information content (AvgIpc) is 2.70. The number of ether oxygens (including phenoxy) is 1. The number of hydrogen-bond acceptors (Lipinski definition) is 1. The highest BCUT2D eigenvalue weighted by molar-refractivity contribution is 6.98. The molecule has 2 aliphatic rings. The van der Waals surface area contributed by atoms with Crippen LogP contribution in [0.2, 0.25) is 0 Å². The summed E-state index contributed by atoms with van der Waals surface area (Å²) >= 11 is 0. The van der Waals surface area contributed by atoms with Crippen LogP contribution in [-0.2, 0) is 18.3 Å². The maximum absolute atomic E-state index is 6.43. The fourth-order valence-electron chi connectivity index (χ4n) is 5.24. The van der Waals surface area contributed by atoms with E-state index in [1.54, 1.807) is 0 Å². The fraction of sp³-hybridized carbons (Fsp3) is 0.280. The van der Waals surface area contributed by atoms with Crippen molar-refractivity contribution in [2.75, 3.05) is 0 Å². The van der Waals surface area contributed by atoms with E-state index in [-0.39, 0.29) is 12.1 Å². The van der Waals surface area contributed by atoms with Gasteiger partial charge in [-0.05, 0) is 58.2 Å². The molecular formula is C25H25BO. The molecule has 0 spiro atoms. The zero-order valence-corrected chi connectivity index (χ0v) is 16.6. The molecule has 0 saturated heterocycles. The lowest BCUT2D eigenvalue weighted by Crippen LogP contribution is -2.62. The van der Waals surface area contributed by atoms with Crippen molar-refractivity contribution in [2.45, 2.75) is 46.0 Å². The molecule has 0 amide bonds. The fourth-order valence-corrected chi connectivity index (χ4v) is 5.24. The van der Waals surface area contributed by atoms with Crippen molar-refractivity contribution in [3.63, 3.8) is 0 Å². The highest BCUT2D eigenvalue weighted by Crippen LogP contribution is 2.40. The zero-order valence-electron chi connectivity index (χ0n) is 16.6. The summed E-state index contributed by atoms with van der Waals surface area (Å²) in [5.41, 5.74) is 9.85. The third-order valence-corrected chi connectivity index (χ3v) is 6.54. The molecule has 134 valence electrons. The number of fused-ring (bicyclic) bond motifs is 4. The van der Waals surface area contributed by atoms with Crippen molar-refractivity contribution in [2.24, 2.45) is 0 Å². The number of rotatable bonds is 2. The molecule has 0 aliphatic carbocycles. The molecule has 0 N–H and O–H groups in total. The molecule has 0 aromatic heterocycles. The number of hydrogen-bond donors (Lipinski definition) is 0. The van der Waals surface area contributed by atoms with Gasteiger partial charge in [-0.25, -0.2) is 0 Å². The van der Waals surface area contributed by atoms with E-state index < -0.39 is 0 Å². The second kappa shape index (κ2) is 5.76. The first kappa shape index (κ1) is 16.7. The lowest BCUT2D eigenvalue weighted by atomic mass is 9.30. The largest absolute Gasteiger partial charge is 0.458 e. The first-order chi connectivity index (χ1) is 13.1. The van der Waals surface area contributed by atoms with Crippen LogP contribution in [0.3, 0.4) is 0 Å². The van der Waals surface area contributed by atoms with Crippen LogP contribution in [-0.4, -0.2) is 6.71 Å². The molecule has 3 aromatic rings. The lowest BCUT2D eigenvalue weighted by Gasteiger charge is -2.42. The highest BCUT2D eigenvalue weighted by Gasteiger charge is 2.45. The van der Waals surface area contributed by atoms with Crippen LogP contribution in [0.4, 0.5) is 0 Å². The third-order valence-electron chi connectivity index (χ3n) is 6.54. The lowest BCUT2D eigenvalue weighted by molar-refractivity contribution is 0.484. The molecule has 0 atom stereocenters. The predicted molar refractivity (Wildman–Crippen MR) is 115 cm³/mol. The smallest absolute Gasteiger partial charge is 0.251 e. The zero-order chi connectivity index (χ0) is 18.8. The Morgan fingerprint density at radius 3 is 2.41 bits per heavy atom. The molecule has 0 radical (unpaired) electrons. The maximum atomic E-state index is 6.43. The van der Waals surface area contributed by atoms with Gasteiger partial charge in [0, 0.05) is 5.41 Å². The van der Waals surface area contributed by atoms with Gasteiger partial charge in [0.2, 0.25) is 0 Å². The standard InChI is InChI=1S/C25H25BO/c1-5-16-11-13-21-20(15-16)26-19-10-8-7-9-18(19)25(3,4)23-17(6-2)12-14-22(27-21)24(23)26/h7-15H,5-6H2,1-4H3. The van der Waals surface area contributed by atoms with Crippen LogP contribution in [0, 0.1) is 0 Å². The normalized spacial score (nSPS) is 15.5. The topological polar surface area (TPSA) is 9.23 Å². The minimum atomic E-state index is -0.0208. The van der Waals surface area contributed by atoms with Crippen molar-refractivity contribution in [3.05, 3.63) is 76.9 Å². The quantitative estimate of drug-likeness (QED) is 0.494. The van der Waals surface area contributed by atoms with Crippen LogP contribution >= 0.6 is 0 Å². The molecule has 0 bridgehead atoms. The molecule has 1 nitrogen and oxygen atoms in total. The van der Waals surface area contributed by atoms with E-state index >= 15 is 0 Å². The summed E-state index contributed by atoms with van der Waals surface area (Å²) in [6.07, 6.45) is 2.09. The van der Waals surface area contributed by atoms with Crippen molar-refractivity contribution in [3.8, 4) is 11.5 Å². The van der Waals surface area contributed by atoms with Gasteiger partial charge in [0.25, 0.3) is 6.71 Å². The second-order valence-corrected chi connectivity index (χ2v) is 8.34. The summed E-state index contributed by atoms with van der Waals surface area (Å²) in [4.78, 5) is 0. The van der Waals surface area contributed by atoms with Gasteiger partial charge in [0.05, 0.1) is 0 Å². The molecule has 0 unspecified atom stereocenters. The Bertz CT molecular complexity index is 1060. The van der Waals surface area contributed by atoms with Crippen molar-refractivity contribution in [1.29, 1.82) is 0 Å². The van der Waals surface area contributed by atoms with Gasteiger partial charge in [-0.2, -0.15) is 0 Å². The van der Waals surface area contributed by atoms with Gasteiger partial charge in [0.15, 0.2) is 0 Å². The Labute approximate surface area is 162 Å². The maximum Gasteiger partial charge on any atom is 0.251 e. The van der Waals surface area contributed by atoms with Gasteiger partial charge in [-0.15, -0.1) is 0 Å². The molecule has 5 rings (SSSR count). The van der Waals surface area contributed by atoms with Crippen molar-refractivity contribution >= 4 is 23.1 Å². The predicted octanol–water partition coefficient (Wildman–Crippen LogP) is 4.07. The molecule has 2 heteroatoms. The van der Waals surface area contributed by atoms with E-state index in [1.165, 1.54) is 38.6 Å². The molecule has 0 saturated carbocycles. The van der Waals surface area contributed by atoms with Gasteiger partial charge in [-0.3, -0.25) is 0 Å². The van der Waals surface area contributed by atoms with E-state index in [4.69, 9.17) is 4.74 Å². The highest BCUT2D eigenvalue weighted by atomic mass is 16.5. The van der Waals surface area contributed by atoms with E-state index in [0.29, 0.717) is 0 Å². The Kier molecular flexibility index (Phi) is 3.56. The van der Waals surface area contributed by atoms with Gasteiger partial charge in [0.1, 0.15) is 11.5 Å². The molecule has 27 heavy (non-hydrogen) atoms. The summed E-state index contributed by atoms with van der Waals surface area (Å²) in [5.74, 6) is 2.04. The van der Waals surface area contributed by atoms with Gasteiger partial charge < -0.3 is 4.74 Å². The Hall–Kier alpha value is -2.48. The minimum absolute atomic E-state index is 0.0208. The molecule has 2 heterocycles. The van der Waals surface area contributed by atoms with E-state index in [1.807, 2.05) is 0 Å². The molecular weight excluding hydrogens is 327 g/mol. The van der Waals surface area contributed by atoms with E-state index in [0.717, 1.165) is 24.3 Å². The number of aryl methyl sites for hydroxylation is 2. The first-order valence-electron chi connectivity index (χ1n) is 10.1. The third kappa shape index (κ3) is 2.19. The minimum Gasteiger partial charge on any atom is -0.458 e. The molecule has 0 fully saturated rings. The first-order valence-corrected chi connectivity index (χ1v) is 10.1. The summed E-state index contributed by atoms with van der Waals surface area (Å²) in [7, 11) is 0. The number of benzene rings is 3. The monoisotopic (exact) mass is 352 g/mol. The Balaban J connectivity index is 1.90. The second-order valence-electron chi connectivity index (χ2n) is 8.34. The Morgan fingerprint density at radius 2 is 1.63 bits per heavy atom. The van der Waals surface area contributed by atoms with Crippen LogP contribution in [0.5, 0.6) is 11.5 Å². The molecule has 3 aromatic carbocycles. The Morgan fingerprint density at radius 1 is 0.852 bits per heavy atom. The van der Waals surface area contributed by atoms with Gasteiger partial charge in [-0.1, -0.05) is 75.6 Å². The van der Waals surface area contributed by atoms with Crippen molar-refractivity contribution in [1.82, 2.24) is 0 Å². The SMILES string of the molecule is CCc1ccc2c(c1)B1c3ccccc3C(C)(C)c3c(CC)ccc(c31)O2. The van der Waals surface area contributed by atoms with Gasteiger partial charge >= 0.3 is 0 Å². The average molecular weight is 352 g/mol. The summed E-state index contributed by atoms with van der Waals surface area (Å²) in [5, 5.41) is 0. The van der Waals surface area contributed by atoms with Crippen LogP contribution in [0.25, 0.3) is 0 Å². The summed E-state index contributed by atoms with van der Waals surface area (Å²) in [6, 6.07) is 20.2. The van der Waals surface area contributed by atoms with Crippen molar-refractivity contribution < 1.29 is 4.74 Å².